The van der Waals surface area contributed by atoms with Gasteiger partial charge in [0.2, 0.25) is 5.91 Å². The molecular weight excluding hydrogens is 736 g/mol. The van der Waals surface area contributed by atoms with E-state index >= 15 is 0 Å². The van der Waals surface area contributed by atoms with Gasteiger partial charge in [-0.1, -0.05) is 54.9 Å². The number of hydrogen-bond acceptors (Lipinski definition) is 8. The number of amides is 2. The Hall–Kier alpha value is -4.24. The zero-order valence-corrected chi connectivity index (χ0v) is 32.7. The van der Waals surface area contributed by atoms with Crippen LogP contribution in [0.15, 0.2) is 56.9 Å². The molecule has 3 aromatic rings. The van der Waals surface area contributed by atoms with Crippen LogP contribution in [-0.4, -0.2) is 72.4 Å². The summed E-state index contributed by atoms with van der Waals surface area (Å²) in [6, 6.07) is 12.4. The zero-order chi connectivity index (χ0) is 39.5. The number of amidine groups is 1. The lowest BCUT2D eigenvalue weighted by Crippen LogP contribution is -2.52. The van der Waals surface area contributed by atoms with Crippen LogP contribution in [0.2, 0.25) is 0 Å². The van der Waals surface area contributed by atoms with Gasteiger partial charge in [-0.2, -0.15) is 13.2 Å². The molecule has 1 aromatic heterocycles. The molecule has 55 heavy (non-hydrogen) atoms. The van der Waals surface area contributed by atoms with Gasteiger partial charge in [-0.15, -0.1) is 0 Å². The Morgan fingerprint density at radius 3 is 2.38 bits per heavy atom. The molecule has 0 unspecified atom stereocenters. The molecule has 298 valence electrons. The minimum absolute atomic E-state index is 0.0322. The van der Waals surface area contributed by atoms with E-state index in [1.165, 1.54) is 6.07 Å². The van der Waals surface area contributed by atoms with Crippen LogP contribution in [-0.2, 0) is 37.5 Å². The number of sulfonamides is 1. The number of piperidine rings is 1. The number of carbonyl (C=O) groups is 2. The molecule has 15 heteroatoms. The Labute approximate surface area is 320 Å². The van der Waals surface area contributed by atoms with Gasteiger partial charge in [0.25, 0.3) is 15.9 Å². The van der Waals surface area contributed by atoms with E-state index in [-0.39, 0.29) is 61.4 Å². The van der Waals surface area contributed by atoms with Crippen molar-refractivity contribution in [1.82, 2.24) is 15.0 Å². The summed E-state index contributed by atoms with van der Waals surface area (Å²) in [5.74, 6) is -0.681. The van der Waals surface area contributed by atoms with Gasteiger partial charge in [0, 0.05) is 43.2 Å². The van der Waals surface area contributed by atoms with Crippen LogP contribution in [0.4, 0.5) is 19.0 Å². The monoisotopic (exact) mass is 785 g/mol. The second-order valence-corrected chi connectivity index (χ2v) is 16.6. The van der Waals surface area contributed by atoms with Crippen molar-refractivity contribution in [3.05, 3.63) is 64.9 Å². The summed E-state index contributed by atoms with van der Waals surface area (Å²) in [5.41, 5.74) is 2.31. The van der Waals surface area contributed by atoms with Crippen LogP contribution in [0.25, 0.3) is 11.1 Å². The van der Waals surface area contributed by atoms with Gasteiger partial charge in [0.15, 0.2) is 5.82 Å². The largest absolute Gasteiger partial charge is 0.391 e. The predicted octanol–water partition coefficient (Wildman–Crippen LogP) is 7.96. The number of carbonyl (C=O) groups excluding carboxylic acids is 2. The first kappa shape index (κ1) is 40.4. The van der Waals surface area contributed by atoms with Crippen molar-refractivity contribution in [3.63, 3.8) is 0 Å². The van der Waals surface area contributed by atoms with Crippen LogP contribution >= 0.6 is 0 Å². The molecule has 0 radical (unpaired) electrons. The summed E-state index contributed by atoms with van der Waals surface area (Å²) in [7, 11) is -4.08. The van der Waals surface area contributed by atoms with Gasteiger partial charge < -0.3 is 14.2 Å². The number of unbranched alkanes of at least 4 members (excludes halogenated alkanes) is 1. The molecule has 0 atom stereocenters. The smallest absolute Gasteiger partial charge is 0.377 e. The minimum Gasteiger partial charge on any atom is -0.377 e. The summed E-state index contributed by atoms with van der Waals surface area (Å²) in [6.45, 7) is 8.92. The second-order valence-electron chi connectivity index (χ2n) is 14.9. The third-order valence-corrected chi connectivity index (χ3v) is 12.7. The maximum absolute atomic E-state index is 14.3. The van der Waals surface area contributed by atoms with Gasteiger partial charge in [0.05, 0.1) is 24.0 Å². The summed E-state index contributed by atoms with van der Waals surface area (Å²) in [4.78, 5) is 36.3. The maximum atomic E-state index is 14.3. The van der Waals surface area contributed by atoms with Crippen molar-refractivity contribution in [3.8, 4) is 11.1 Å². The molecule has 6 rings (SSSR count). The van der Waals surface area contributed by atoms with Crippen molar-refractivity contribution >= 4 is 33.5 Å². The van der Waals surface area contributed by atoms with Crippen LogP contribution < -0.4 is 4.72 Å². The molecule has 0 bridgehead atoms. The molecule has 1 aliphatic carbocycles. The van der Waals surface area contributed by atoms with E-state index in [0.717, 1.165) is 24.0 Å². The van der Waals surface area contributed by atoms with E-state index in [4.69, 9.17) is 14.3 Å². The predicted molar refractivity (Wildman–Crippen MR) is 202 cm³/mol. The number of aliphatic imine (C=N–C) groups is 1. The third kappa shape index (κ3) is 8.62. The number of anilines is 1. The highest BCUT2D eigenvalue weighted by molar-refractivity contribution is 7.92. The highest BCUT2D eigenvalue weighted by Crippen LogP contribution is 2.42. The van der Waals surface area contributed by atoms with Gasteiger partial charge >= 0.3 is 6.18 Å². The lowest BCUT2D eigenvalue weighted by molar-refractivity contribution is -0.185. The van der Waals surface area contributed by atoms with Crippen LogP contribution in [0.1, 0.15) is 94.1 Å². The number of halogens is 3. The number of nitrogens with zero attached hydrogens (tertiary/aromatic N) is 4. The molecule has 1 saturated heterocycles. The second kappa shape index (κ2) is 16.5. The Kier molecular flexibility index (Phi) is 12.1. The first-order valence-corrected chi connectivity index (χ1v) is 20.7. The number of rotatable bonds is 13. The molecule has 11 nitrogen and oxygen atoms in total. The fourth-order valence-corrected chi connectivity index (χ4v) is 9.18. The Morgan fingerprint density at radius 1 is 1.04 bits per heavy atom. The first-order chi connectivity index (χ1) is 26.2. The number of aromatic nitrogens is 1. The standard InChI is InChI=1S/C40H50F3N5O6S/c1-5-7-12-35-44-39(19-21-47(22-20-39)37(49)29-14-16-31(17-15-29)40(41,42)43)38(50)48(35)24-28-13-18-32(30(23-28)25-53-6-2)33-10-8-9-11-34(33)55(51,52)46-36-26(3)27(4)54-45-36/h8-11,13,18,23,29,31H,5-7,12,14-17,19-22,24-25H2,1-4H3,(H,45,46)/t29-,31+. The van der Waals surface area contributed by atoms with Crippen molar-refractivity contribution in [2.45, 2.75) is 115 Å². The quantitative estimate of drug-likeness (QED) is 0.186. The lowest BCUT2D eigenvalue weighted by Gasteiger charge is -2.39. The number of aryl methyl sites for hydroxylation is 1. The number of alkyl halides is 3. The summed E-state index contributed by atoms with van der Waals surface area (Å²) in [6.07, 6.45) is -0.787. The lowest BCUT2D eigenvalue weighted by atomic mass is 9.80. The Balaban J connectivity index is 1.21. The van der Waals surface area contributed by atoms with Crippen LogP contribution in [0.5, 0.6) is 0 Å². The van der Waals surface area contributed by atoms with Crippen molar-refractivity contribution < 1.29 is 40.4 Å². The zero-order valence-electron chi connectivity index (χ0n) is 31.9. The molecule has 1 saturated carbocycles. The molecule has 1 spiro atoms. The van der Waals surface area contributed by atoms with E-state index in [9.17, 15) is 31.2 Å². The average Bonchev–Trinajstić information content (AvgIpc) is 3.61. The molecule has 2 aromatic carbocycles. The fraction of sp³-hybridized carbons (Fsp3) is 0.550. The third-order valence-electron chi connectivity index (χ3n) is 11.3. The fourth-order valence-electron chi connectivity index (χ4n) is 7.90. The number of nitrogens with one attached hydrogen (secondary N) is 1. The van der Waals surface area contributed by atoms with Gasteiger partial charge in [-0.3, -0.25) is 24.2 Å². The highest BCUT2D eigenvalue weighted by atomic mass is 32.2. The summed E-state index contributed by atoms with van der Waals surface area (Å²) >= 11 is 0. The summed E-state index contributed by atoms with van der Waals surface area (Å²) < 4.78 is 80.7. The van der Waals surface area contributed by atoms with E-state index in [1.807, 2.05) is 25.1 Å². The molecule has 2 aliphatic heterocycles. The first-order valence-electron chi connectivity index (χ1n) is 19.2. The molecule has 3 aliphatic rings. The molecular formula is C40H50F3N5O6S. The number of likely N-dealkylation sites (tertiary alicyclic amines) is 1. The molecule has 2 fully saturated rings. The Bertz CT molecular complexity index is 2010. The SMILES string of the molecule is CCCCC1=NC2(CCN(C(=O)[C@H]3CC[C@@H](C(F)(F)F)CC3)CC2)C(=O)N1Cc1ccc(-c2ccccc2S(=O)(=O)Nc2noc(C)c2C)c(COCC)c1. The van der Waals surface area contributed by atoms with Crippen molar-refractivity contribution in [1.29, 1.82) is 0 Å². The van der Waals surface area contributed by atoms with E-state index < -0.39 is 33.6 Å². The average molecular weight is 786 g/mol. The van der Waals surface area contributed by atoms with Crippen LogP contribution in [0.3, 0.4) is 0 Å². The summed E-state index contributed by atoms with van der Waals surface area (Å²) in [5, 5.41) is 3.87. The van der Waals surface area contributed by atoms with Crippen LogP contribution in [0, 0.1) is 25.7 Å². The van der Waals surface area contributed by atoms with Gasteiger partial charge in [-0.25, -0.2) is 8.42 Å². The van der Waals surface area contributed by atoms with E-state index in [1.54, 1.807) is 41.8 Å². The molecule has 3 heterocycles. The van der Waals surface area contributed by atoms with Gasteiger partial charge in [-0.05, 0) is 88.5 Å². The molecule has 1 N–H and O–H groups in total. The maximum Gasteiger partial charge on any atom is 0.391 e. The highest BCUT2D eigenvalue weighted by Gasteiger charge is 2.51. The number of benzene rings is 2. The normalized spacial score (nSPS) is 20.3. The topological polar surface area (TPSA) is 134 Å². The van der Waals surface area contributed by atoms with Crippen molar-refractivity contribution in [2.75, 3.05) is 24.4 Å². The van der Waals surface area contributed by atoms with E-state index in [0.29, 0.717) is 67.2 Å². The molecule has 2 amide bonds. The van der Waals surface area contributed by atoms with Gasteiger partial charge in [0.1, 0.15) is 17.1 Å². The number of ether oxygens (including phenoxy) is 1. The van der Waals surface area contributed by atoms with E-state index in [2.05, 4.69) is 16.8 Å². The van der Waals surface area contributed by atoms with Crippen molar-refractivity contribution in [2.24, 2.45) is 16.8 Å². The Morgan fingerprint density at radius 2 is 1.75 bits per heavy atom. The number of hydrogen-bond donors (Lipinski definition) is 1. The minimum atomic E-state index is -4.23.